The summed E-state index contributed by atoms with van der Waals surface area (Å²) in [4.78, 5) is 42.5. The second kappa shape index (κ2) is 8.07. The van der Waals surface area contributed by atoms with E-state index in [2.05, 4.69) is 5.32 Å². The monoisotopic (exact) mass is 292 g/mol. The first-order valence-electron chi connectivity index (χ1n) is 5.53. The minimum absolute atomic E-state index is 0.339. The Balaban J connectivity index is 4.58. The normalized spacial score (nSPS) is 15.1. The predicted molar refractivity (Wildman–Crippen MR) is 63.0 cm³/mol. The maximum atomic E-state index is 10.9. The van der Waals surface area contributed by atoms with E-state index in [1.165, 1.54) is 0 Å². The molecule has 0 saturated carbocycles. The molecular weight excluding hydrogens is 276 g/mol. The van der Waals surface area contributed by atoms with Crippen molar-refractivity contribution in [1.29, 1.82) is 0 Å². The van der Waals surface area contributed by atoms with E-state index >= 15 is 0 Å². The van der Waals surface area contributed by atoms with Gasteiger partial charge in [0.15, 0.2) is 0 Å². The van der Waals surface area contributed by atoms with Gasteiger partial charge in [-0.1, -0.05) is 0 Å². The maximum absolute atomic E-state index is 10.9. The van der Waals surface area contributed by atoms with Crippen LogP contribution in [0.5, 0.6) is 0 Å². The van der Waals surface area contributed by atoms with Crippen LogP contribution in [0.1, 0.15) is 12.8 Å². The van der Waals surface area contributed by atoms with Crippen molar-refractivity contribution in [3.05, 3.63) is 0 Å². The molecule has 0 bridgehead atoms. The van der Waals surface area contributed by atoms with Crippen molar-refractivity contribution in [2.75, 3.05) is 6.54 Å². The summed E-state index contributed by atoms with van der Waals surface area (Å²) in [6, 6.07) is -2.60. The maximum Gasteiger partial charge on any atom is 0.321 e. The number of carbonyl (C=O) groups is 4. The van der Waals surface area contributed by atoms with Gasteiger partial charge in [-0.05, 0) is 0 Å². The van der Waals surface area contributed by atoms with Gasteiger partial charge < -0.3 is 31.5 Å². The van der Waals surface area contributed by atoms with Crippen LogP contribution in [0, 0.1) is 5.92 Å². The average Bonchev–Trinajstić information content (AvgIpc) is 2.29. The summed E-state index contributed by atoms with van der Waals surface area (Å²) in [5.74, 6) is -6.96. The van der Waals surface area contributed by atoms with Crippen LogP contribution in [0.15, 0.2) is 0 Å². The van der Waals surface area contributed by atoms with Gasteiger partial charge in [0.25, 0.3) is 0 Å². The van der Waals surface area contributed by atoms with Crippen molar-refractivity contribution < 1.29 is 39.6 Å². The molecule has 3 unspecified atom stereocenters. The smallest absolute Gasteiger partial charge is 0.321 e. The van der Waals surface area contributed by atoms with Crippen molar-refractivity contribution in [3.8, 4) is 0 Å². The molecule has 0 saturated heterocycles. The highest BCUT2D eigenvalue weighted by Gasteiger charge is 2.29. The number of carboxylic acids is 4. The molecule has 0 rings (SSSR count). The minimum atomic E-state index is -1.43. The Morgan fingerprint density at radius 3 is 1.75 bits per heavy atom. The number of nitrogens with one attached hydrogen (secondary N) is 1. The summed E-state index contributed by atoms with van der Waals surface area (Å²) in [6.45, 7) is -0.339. The first-order valence-corrected chi connectivity index (χ1v) is 5.53. The summed E-state index contributed by atoms with van der Waals surface area (Å²) < 4.78 is 0. The third kappa shape index (κ3) is 6.66. The molecule has 0 aromatic carbocycles. The topological polar surface area (TPSA) is 187 Å². The first kappa shape index (κ1) is 17.8. The lowest BCUT2D eigenvalue weighted by Gasteiger charge is -2.21. The molecule has 0 spiro atoms. The van der Waals surface area contributed by atoms with Crippen molar-refractivity contribution in [3.63, 3.8) is 0 Å². The van der Waals surface area contributed by atoms with Crippen LogP contribution in [0.4, 0.5) is 0 Å². The zero-order valence-corrected chi connectivity index (χ0v) is 10.4. The molecule has 10 heteroatoms. The van der Waals surface area contributed by atoms with Gasteiger partial charge in [0.1, 0.15) is 6.04 Å². The fourth-order valence-corrected chi connectivity index (χ4v) is 1.45. The second-order valence-corrected chi connectivity index (χ2v) is 4.10. The summed E-state index contributed by atoms with van der Waals surface area (Å²) in [5.41, 5.74) is 5.50. The summed E-state index contributed by atoms with van der Waals surface area (Å²) in [5, 5.41) is 36.9. The van der Waals surface area contributed by atoms with Crippen molar-refractivity contribution >= 4 is 23.9 Å². The molecule has 0 heterocycles. The standard InChI is InChI=1S/C10H16N2O8/c11-5(4(9(17)18)1-7(13)14)3-12-6(10(19)20)2-8(15)16/h4-6,12H,1-3,11H2,(H,13,14)(H,15,16)(H,17,18)(H,19,20). The zero-order valence-electron chi connectivity index (χ0n) is 10.4. The zero-order chi connectivity index (χ0) is 15.9. The quantitative estimate of drug-likeness (QED) is 0.263. The molecule has 0 fully saturated rings. The van der Waals surface area contributed by atoms with Crippen LogP contribution in [0.3, 0.4) is 0 Å². The number of hydrogen-bond acceptors (Lipinski definition) is 6. The summed E-state index contributed by atoms with van der Waals surface area (Å²) in [6.07, 6.45) is -1.42. The molecule has 0 aromatic rings. The molecule has 7 N–H and O–H groups in total. The van der Waals surface area contributed by atoms with Gasteiger partial charge in [-0.25, -0.2) is 0 Å². The lowest BCUT2D eigenvalue weighted by atomic mass is 9.96. The molecule has 0 aliphatic rings. The van der Waals surface area contributed by atoms with E-state index in [1.807, 2.05) is 0 Å². The van der Waals surface area contributed by atoms with Gasteiger partial charge in [-0.3, -0.25) is 19.2 Å². The Hall–Kier alpha value is -2.20. The van der Waals surface area contributed by atoms with E-state index in [0.717, 1.165) is 0 Å². The van der Waals surface area contributed by atoms with Crippen LogP contribution in [-0.4, -0.2) is 62.9 Å². The molecule has 3 atom stereocenters. The minimum Gasteiger partial charge on any atom is -0.481 e. The van der Waals surface area contributed by atoms with E-state index in [1.54, 1.807) is 0 Å². The van der Waals surface area contributed by atoms with Crippen LogP contribution in [0.2, 0.25) is 0 Å². The molecule has 0 aliphatic carbocycles. The van der Waals surface area contributed by atoms with Crippen LogP contribution < -0.4 is 11.1 Å². The molecule has 114 valence electrons. The third-order valence-electron chi connectivity index (χ3n) is 2.51. The van der Waals surface area contributed by atoms with Crippen molar-refractivity contribution in [2.45, 2.75) is 24.9 Å². The highest BCUT2D eigenvalue weighted by atomic mass is 16.4. The Morgan fingerprint density at radius 2 is 1.40 bits per heavy atom. The number of nitrogens with two attached hydrogens (primary N) is 1. The highest BCUT2D eigenvalue weighted by molar-refractivity contribution is 5.80. The van der Waals surface area contributed by atoms with Crippen LogP contribution in [0.25, 0.3) is 0 Å². The van der Waals surface area contributed by atoms with E-state index in [9.17, 15) is 19.2 Å². The Bertz CT molecular complexity index is 397. The molecule has 10 nitrogen and oxygen atoms in total. The number of carboxylic acid groups (broad SMARTS) is 4. The van der Waals surface area contributed by atoms with Gasteiger partial charge in [0, 0.05) is 12.6 Å². The van der Waals surface area contributed by atoms with Gasteiger partial charge in [0.2, 0.25) is 0 Å². The van der Waals surface area contributed by atoms with E-state index in [4.69, 9.17) is 26.2 Å². The molecule has 0 aliphatic heterocycles. The number of rotatable bonds is 10. The van der Waals surface area contributed by atoms with Crippen molar-refractivity contribution in [1.82, 2.24) is 5.32 Å². The average molecular weight is 292 g/mol. The van der Waals surface area contributed by atoms with E-state index in [-0.39, 0.29) is 6.54 Å². The van der Waals surface area contributed by atoms with Crippen molar-refractivity contribution in [2.24, 2.45) is 11.7 Å². The third-order valence-corrected chi connectivity index (χ3v) is 2.51. The highest BCUT2D eigenvalue weighted by Crippen LogP contribution is 2.08. The Kier molecular flexibility index (Phi) is 7.18. The first-order chi connectivity index (χ1) is 9.15. The predicted octanol–water partition coefficient (Wildman–Crippen LogP) is -1.99. The molecule has 0 amide bonds. The van der Waals surface area contributed by atoms with Crippen LogP contribution >= 0.6 is 0 Å². The molecule has 0 aromatic heterocycles. The van der Waals surface area contributed by atoms with E-state index in [0.29, 0.717) is 0 Å². The fourth-order valence-electron chi connectivity index (χ4n) is 1.45. The molecular formula is C10H16N2O8. The van der Waals surface area contributed by atoms with Gasteiger partial charge in [-0.15, -0.1) is 0 Å². The number of aliphatic carboxylic acids is 4. The van der Waals surface area contributed by atoms with Gasteiger partial charge >= 0.3 is 23.9 Å². The lowest BCUT2D eigenvalue weighted by molar-refractivity contribution is -0.149. The van der Waals surface area contributed by atoms with Gasteiger partial charge in [-0.2, -0.15) is 0 Å². The lowest BCUT2D eigenvalue weighted by Crippen LogP contribution is -2.49. The fraction of sp³-hybridized carbons (Fsp3) is 0.600. The Morgan fingerprint density at radius 1 is 0.900 bits per heavy atom. The SMILES string of the molecule is NC(CNC(CC(=O)O)C(=O)O)C(CC(=O)O)C(=O)O. The second-order valence-electron chi connectivity index (χ2n) is 4.10. The number of hydrogen-bond donors (Lipinski definition) is 6. The molecule has 20 heavy (non-hydrogen) atoms. The largest absolute Gasteiger partial charge is 0.481 e. The van der Waals surface area contributed by atoms with Crippen LogP contribution in [-0.2, 0) is 19.2 Å². The summed E-state index contributed by atoms with van der Waals surface area (Å²) in [7, 11) is 0. The summed E-state index contributed by atoms with van der Waals surface area (Å²) >= 11 is 0. The van der Waals surface area contributed by atoms with E-state index < -0.39 is 54.7 Å². The van der Waals surface area contributed by atoms with Gasteiger partial charge in [0.05, 0.1) is 18.8 Å². The Labute approximate surface area is 113 Å². The molecule has 0 radical (unpaired) electrons.